The molecular weight excluding hydrogens is 300 g/mol. The quantitative estimate of drug-likeness (QED) is 0.847. The zero-order valence-electron chi connectivity index (χ0n) is 13.6. The highest BCUT2D eigenvalue weighted by Crippen LogP contribution is 2.24. The monoisotopic (exact) mass is 322 g/mol. The van der Waals surface area contributed by atoms with Gasteiger partial charge in [-0.3, -0.25) is 0 Å². The van der Waals surface area contributed by atoms with Gasteiger partial charge < -0.3 is 4.42 Å². The summed E-state index contributed by atoms with van der Waals surface area (Å²) in [6.45, 7) is 7.69. The van der Waals surface area contributed by atoms with Crippen LogP contribution in [0.4, 0.5) is 0 Å². The van der Waals surface area contributed by atoms with Crippen LogP contribution in [0.5, 0.6) is 0 Å². The molecule has 0 bridgehead atoms. The van der Waals surface area contributed by atoms with Gasteiger partial charge in [0.1, 0.15) is 12.0 Å². The molecule has 120 valence electrons. The van der Waals surface area contributed by atoms with Crippen LogP contribution in [0.25, 0.3) is 11.3 Å². The van der Waals surface area contributed by atoms with E-state index >= 15 is 0 Å². The van der Waals surface area contributed by atoms with Crippen LogP contribution < -0.4 is 0 Å². The molecule has 0 aliphatic heterocycles. The van der Waals surface area contributed by atoms with E-state index in [0.717, 1.165) is 5.56 Å². The van der Waals surface area contributed by atoms with E-state index in [4.69, 9.17) is 4.42 Å². The predicted octanol–water partition coefficient (Wildman–Crippen LogP) is 3.32. The lowest BCUT2D eigenvalue weighted by Gasteiger charge is -2.27. The number of sulfonamides is 1. The molecule has 0 aliphatic rings. The van der Waals surface area contributed by atoms with E-state index in [0.29, 0.717) is 11.6 Å². The van der Waals surface area contributed by atoms with Crippen molar-refractivity contribution >= 4 is 10.0 Å². The standard InChI is InChI=1S/C16H22N2O3S/c1-11(2)12(3)18(5)22(19,20)15-8-6-14(7-9-15)16-10-21-13(4)17-16/h6-12H,1-5H3. The zero-order valence-corrected chi connectivity index (χ0v) is 14.4. The molecule has 22 heavy (non-hydrogen) atoms. The summed E-state index contributed by atoms with van der Waals surface area (Å²) in [7, 11) is -1.87. The first-order valence-corrected chi connectivity index (χ1v) is 8.68. The summed E-state index contributed by atoms with van der Waals surface area (Å²) < 4.78 is 31.8. The number of benzene rings is 1. The minimum absolute atomic E-state index is 0.0668. The van der Waals surface area contributed by atoms with Crippen molar-refractivity contribution in [1.82, 2.24) is 9.29 Å². The average molecular weight is 322 g/mol. The number of hydrogen-bond donors (Lipinski definition) is 0. The minimum atomic E-state index is -3.49. The second kappa shape index (κ2) is 6.22. The Morgan fingerprint density at radius 3 is 2.18 bits per heavy atom. The smallest absolute Gasteiger partial charge is 0.243 e. The number of oxazole rings is 1. The van der Waals surface area contributed by atoms with Gasteiger partial charge in [-0.2, -0.15) is 4.31 Å². The van der Waals surface area contributed by atoms with Gasteiger partial charge in [-0.05, 0) is 25.0 Å². The molecule has 1 heterocycles. The molecule has 2 rings (SSSR count). The second-order valence-corrected chi connectivity index (χ2v) is 7.78. The summed E-state index contributed by atoms with van der Waals surface area (Å²) >= 11 is 0. The molecule has 1 unspecified atom stereocenters. The number of nitrogens with zero attached hydrogens (tertiary/aromatic N) is 2. The molecule has 0 N–H and O–H groups in total. The third kappa shape index (κ3) is 3.23. The van der Waals surface area contributed by atoms with Gasteiger partial charge in [0.05, 0.1) is 4.90 Å². The first-order chi connectivity index (χ1) is 10.2. The van der Waals surface area contributed by atoms with Crippen LogP contribution in [-0.2, 0) is 10.0 Å². The van der Waals surface area contributed by atoms with Crippen molar-refractivity contribution < 1.29 is 12.8 Å². The number of aromatic nitrogens is 1. The van der Waals surface area contributed by atoms with Crippen LogP contribution in [-0.4, -0.2) is 30.8 Å². The van der Waals surface area contributed by atoms with Gasteiger partial charge in [-0.1, -0.05) is 26.0 Å². The Bertz CT molecular complexity index is 733. The fraction of sp³-hybridized carbons (Fsp3) is 0.438. The first-order valence-electron chi connectivity index (χ1n) is 7.24. The van der Waals surface area contributed by atoms with Crippen molar-refractivity contribution in [3.63, 3.8) is 0 Å². The maximum absolute atomic E-state index is 12.6. The van der Waals surface area contributed by atoms with Crippen molar-refractivity contribution in [2.45, 2.75) is 38.6 Å². The Balaban J connectivity index is 2.29. The van der Waals surface area contributed by atoms with Crippen LogP contribution in [0.15, 0.2) is 39.8 Å². The average Bonchev–Trinajstić information content (AvgIpc) is 2.92. The molecular formula is C16H22N2O3S. The van der Waals surface area contributed by atoms with Gasteiger partial charge in [0, 0.05) is 25.6 Å². The summed E-state index contributed by atoms with van der Waals surface area (Å²) in [5, 5.41) is 0. The molecule has 0 saturated heterocycles. The SMILES string of the molecule is Cc1nc(-c2ccc(S(=O)(=O)N(C)C(C)C(C)C)cc2)co1. The van der Waals surface area contributed by atoms with Gasteiger partial charge in [0.15, 0.2) is 5.89 Å². The van der Waals surface area contributed by atoms with Gasteiger partial charge in [0.25, 0.3) is 0 Å². The molecule has 0 aliphatic carbocycles. The molecule has 2 aromatic rings. The Hall–Kier alpha value is -1.66. The van der Waals surface area contributed by atoms with Crippen LogP contribution in [0.2, 0.25) is 0 Å². The molecule has 6 heteroatoms. The lowest BCUT2D eigenvalue weighted by atomic mass is 10.1. The zero-order chi connectivity index (χ0) is 16.5. The van der Waals surface area contributed by atoms with E-state index in [2.05, 4.69) is 4.98 Å². The van der Waals surface area contributed by atoms with E-state index in [1.165, 1.54) is 4.31 Å². The largest absolute Gasteiger partial charge is 0.449 e. The third-order valence-electron chi connectivity index (χ3n) is 3.98. The van der Waals surface area contributed by atoms with Crippen LogP contribution in [0.1, 0.15) is 26.7 Å². The summed E-state index contributed by atoms with van der Waals surface area (Å²) in [5.41, 5.74) is 1.53. The van der Waals surface area contributed by atoms with E-state index < -0.39 is 10.0 Å². The molecule has 0 fully saturated rings. The summed E-state index contributed by atoms with van der Waals surface area (Å²) in [6, 6.07) is 6.65. The van der Waals surface area contributed by atoms with E-state index in [1.54, 1.807) is 44.5 Å². The topological polar surface area (TPSA) is 63.4 Å². The van der Waals surface area contributed by atoms with Crippen LogP contribution in [0, 0.1) is 12.8 Å². The fourth-order valence-electron chi connectivity index (χ4n) is 2.10. The van der Waals surface area contributed by atoms with Gasteiger partial charge >= 0.3 is 0 Å². The molecule has 5 nitrogen and oxygen atoms in total. The van der Waals surface area contributed by atoms with Crippen LogP contribution >= 0.6 is 0 Å². The summed E-state index contributed by atoms with van der Waals surface area (Å²) in [5.74, 6) is 0.828. The summed E-state index contributed by atoms with van der Waals surface area (Å²) in [4.78, 5) is 4.52. The van der Waals surface area contributed by atoms with Gasteiger partial charge in [0.2, 0.25) is 10.0 Å². The summed E-state index contributed by atoms with van der Waals surface area (Å²) in [6.07, 6.45) is 1.56. The van der Waals surface area contributed by atoms with Crippen LogP contribution in [0.3, 0.4) is 0 Å². The Morgan fingerprint density at radius 2 is 1.73 bits per heavy atom. The minimum Gasteiger partial charge on any atom is -0.449 e. The maximum atomic E-state index is 12.6. The van der Waals surface area contributed by atoms with Gasteiger partial charge in [-0.25, -0.2) is 13.4 Å². The highest BCUT2D eigenvalue weighted by molar-refractivity contribution is 7.89. The fourth-order valence-corrected chi connectivity index (χ4v) is 3.59. The molecule has 1 aromatic carbocycles. The van der Waals surface area contributed by atoms with E-state index in [-0.39, 0.29) is 16.9 Å². The molecule has 0 amide bonds. The molecule has 0 radical (unpaired) electrons. The highest BCUT2D eigenvalue weighted by atomic mass is 32.2. The van der Waals surface area contributed by atoms with Crippen molar-refractivity contribution in [1.29, 1.82) is 0 Å². The number of hydrogen-bond acceptors (Lipinski definition) is 4. The highest BCUT2D eigenvalue weighted by Gasteiger charge is 2.26. The third-order valence-corrected chi connectivity index (χ3v) is 5.94. The predicted molar refractivity (Wildman–Crippen MR) is 85.9 cm³/mol. The number of rotatable bonds is 5. The Morgan fingerprint density at radius 1 is 1.14 bits per heavy atom. The van der Waals surface area contributed by atoms with E-state index in [1.807, 2.05) is 20.8 Å². The second-order valence-electron chi connectivity index (χ2n) is 5.78. The molecule has 0 spiro atoms. The molecule has 1 aromatic heterocycles. The van der Waals surface area contributed by atoms with Crippen molar-refractivity contribution in [3.8, 4) is 11.3 Å². The lowest BCUT2D eigenvalue weighted by Crippen LogP contribution is -2.38. The van der Waals surface area contributed by atoms with Crippen molar-refractivity contribution in [3.05, 3.63) is 36.4 Å². The Kier molecular flexibility index (Phi) is 4.72. The van der Waals surface area contributed by atoms with E-state index in [9.17, 15) is 8.42 Å². The number of aryl methyl sites for hydroxylation is 1. The first kappa shape index (κ1) is 16.7. The van der Waals surface area contributed by atoms with Crippen molar-refractivity contribution in [2.24, 2.45) is 5.92 Å². The van der Waals surface area contributed by atoms with Crippen molar-refractivity contribution in [2.75, 3.05) is 7.05 Å². The normalized spacial score (nSPS) is 13.8. The van der Waals surface area contributed by atoms with Gasteiger partial charge in [-0.15, -0.1) is 0 Å². The molecule has 1 atom stereocenters. The molecule has 0 saturated carbocycles. The maximum Gasteiger partial charge on any atom is 0.243 e. The Labute approximate surface area is 132 Å². The lowest BCUT2D eigenvalue weighted by molar-refractivity contribution is 0.316.